The average molecular weight is 507 g/mol. The molecule has 0 aliphatic heterocycles. The zero-order chi connectivity index (χ0) is 24.0. The Balaban J connectivity index is 1.86. The van der Waals surface area contributed by atoms with Crippen molar-refractivity contribution < 1.29 is 22.7 Å². The van der Waals surface area contributed by atoms with Crippen LogP contribution in [0.15, 0.2) is 77.7 Å². The number of anilines is 1. The quantitative estimate of drug-likeness (QED) is 0.443. The van der Waals surface area contributed by atoms with Gasteiger partial charge in [-0.25, -0.2) is 13.2 Å². The number of sulfonamides is 1. The first kappa shape index (κ1) is 24.7. The minimum Gasteiger partial charge on any atom is -0.465 e. The summed E-state index contributed by atoms with van der Waals surface area (Å²) in [6, 6.07) is 17.9. The highest BCUT2D eigenvalue weighted by molar-refractivity contribution is 7.89. The number of rotatable bonds is 8. The van der Waals surface area contributed by atoms with Crippen molar-refractivity contribution in [3.8, 4) is 0 Å². The summed E-state index contributed by atoms with van der Waals surface area (Å²) < 4.78 is 33.1. The van der Waals surface area contributed by atoms with Crippen LogP contribution < -0.4 is 10.0 Å². The van der Waals surface area contributed by atoms with E-state index in [1.54, 1.807) is 24.3 Å². The Morgan fingerprint density at radius 1 is 0.970 bits per heavy atom. The second kappa shape index (κ2) is 10.8. The number of benzene rings is 3. The number of nitrogens with one attached hydrogen (secondary N) is 2. The second-order valence-electron chi connectivity index (χ2n) is 7.00. The molecule has 0 aliphatic carbocycles. The molecule has 1 amide bonds. The number of ether oxygens (including phenoxy) is 1. The molecule has 0 saturated carbocycles. The summed E-state index contributed by atoms with van der Waals surface area (Å²) in [5.74, 6) is -1.10. The third kappa shape index (κ3) is 6.55. The molecule has 0 fully saturated rings. The standard InChI is InChI=1S/C23H20Cl2N2O5S/c1-32-23(29)16-7-10-18(11-8-16)26-22(28)20(13-15-5-3-2-4-6-15)27-33(30,31)21-14-17(24)9-12-19(21)25/h2-12,14,20,27H,13H2,1H3,(H,26,28)/t20-/m0/s1. The smallest absolute Gasteiger partial charge is 0.337 e. The Labute approximate surface area is 201 Å². The van der Waals surface area contributed by atoms with E-state index >= 15 is 0 Å². The summed E-state index contributed by atoms with van der Waals surface area (Å²) in [6.45, 7) is 0. The molecule has 7 nitrogen and oxygen atoms in total. The van der Waals surface area contributed by atoms with E-state index in [9.17, 15) is 18.0 Å². The normalized spacial score (nSPS) is 12.1. The van der Waals surface area contributed by atoms with E-state index in [4.69, 9.17) is 23.2 Å². The van der Waals surface area contributed by atoms with Crippen LogP contribution >= 0.6 is 23.2 Å². The van der Waals surface area contributed by atoms with Crippen molar-refractivity contribution in [2.75, 3.05) is 12.4 Å². The summed E-state index contributed by atoms with van der Waals surface area (Å²) in [5.41, 5.74) is 1.44. The number of hydrogen-bond acceptors (Lipinski definition) is 5. The predicted octanol–water partition coefficient (Wildman–Crippen LogP) is 4.31. The number of carbonyl (C=O) groups excluding carboxylic acids is 2. The second-order valence-corrected chi connectivity index (χ2v) is 9.52. The van der Waals surface area contributed by atoms with Crippen molar-refractivity contribution in [2.45, 2.75) is 17.4 Å². The van der Waals surface area contributed by atoms with Crippen LogP contribution in [0.25, 0.3) is 0 Å². The van der Waals surface area contributed by atoms with Gasteiger partial charge in [-0.3, -0.25) is 4.79 Å². The molecule has 1 atom stereocenters. The van der Waals surface area contributed by atoms with Gasteiger partial charge in [-0.2, -0.15) is 4.72 Å². The molecule has 0 aromatic heterocycles. The predicted molar refractivity (Wildman–Crippen MR) is 127 cm³/mol. The van der Waals surface area contributed by atoms with E-state index < -0.39 is 27.9 Å². The summed E-state index contributed by atoms with van der Waals surface area (Å²) in [4.78, 5) is 24.4. The Bertz CT molecular complexity index is 1250. The van der Waals surface area contributed by atoms with Gasteiger partial charge in [-0.15, -0.1) is 0 Å². The van der Waals surface area contributed by atoms with Gasteiger partial charge in [0.15, 0.2) is 0 Å². The van der Waals surface area contributed by atoms with Gasteiger partial charge in [0, 0.05) is 10.7 Å². The fourth-order valence-electron chi connectivity index (χ4n) is 3.01. The molecule has 172 valence electrons. The number of carbonyl (C=O) groups is 2. The lowest BCUT2D eigenvalue weighted by molar-refractivity contribution is -0.117. The van der Waals surface area contributed by atoms with Gasteiger partial charge in [0.2, 0.25) is 15.9 Å². The van der Waals surface area contributed by atoms with Crippen LogP contribution in [-0.4, -0.2) is 33.4 Å². The lowest BCUT2D eigenvalue weighted by Crippen LogP contribution is -2.45. The molecule has 3 aromatic rings. The first-order valence-corrected chi connectivity index (χ1v) is 11.9. The Hall–Kier alpha value is -2.91. The van der Waals surface area contributed by atoms with Crippen molar-refractivity contribution in [1.29, 1.82) is 0 Å². The summed E-state index contributed by atoms with van der Waals surface area (Å²) in [6.07, 6.45) is 0.0876. The molecular weight excluding hydrogens is 487 g/mol. The molecule has 0 bridgehead atoms. The van der Waals surface area contributed by atoms with E-state index in [1.807, 2.05) is 6.07 Å². The molecule has 0 saturated heterocycles. The number of esters is 1. The lowest BCUT2D eigenvalue weighted by Gasteiger charge is -2.19. The van der Waals surface area contributed by atoms with E-state index in [0.29, 0.717) is 11.3 Å². The zero-order valence-corrected chi connectivity index (χ0v) is 19.7. The van der Waals surface area contributed by atoms with Crippen molar-refractivity contribution in [1.82, 2.24) is 4.72 Å². The maximum absolute atomic E-state index is 13.1. The first-order valence-electron chi connectivity index (χ1n) is 9.70. The molecular formula is C23H20Cl2N2O5S. The number of methoxy groups -OCH3 is 1. The summed E-state index contributed by atoms with van der Waals surface area (Å²) in [7, 11) is -2.91. The number of hydrogen-bond donors (Lipinski definition) is 2. The van der Waals surface area contributed by atoms with Crippen LogP contribution in [-0.2, 0) is 26.0 Å². The van der Waals surface area contributed by atoms with Gasteiger partial charge in [0.25, 0.3) is 0 Å². The van der Waals surface area contributed by atoms with E-state index in [2.05, 4.69) is 14.8 Å². The Morgan fingerprint density at radius 2 is 1.64 bits per heavy atom. The van der Waals surface area contributed by atoms with Crippen LogP contribution in [0.4, 0.5) is 5.69 Å². The highest BCUT2D eigenvalue weighted by atomic mass is 35.5. The zero-order valence-electron chi connectivity index (χ0n) is 17.4. The van der Waals surface area contributed by atoms with Gasteiger partial charge >= 0.3 is 5.97 Å². The SMILES string of the molecule is COC(=O)c1ccc(NC(=O)[C@H](Cc2ccccc2)NS(=O)(=O)c2cc(Cl)ccc2Cl)cc1. The van der Waals surface area contributed by atoms with Gasteiger partial charge < -0.3 is 10.1 Å². The fraction of sp³-hybridized carbons (Fsp3) is 0.130. The maximum Gasteiger partial charge on any atom is 0.337 e. The number of amides is 1. The largest absolute Gasteiger partial charge is 0.465 e. The summed E-state index contributed by atoms with van der Waals surface area (Å²) in [5, 5.41) is 2.83. The molecule has 0 unspecified atom stereocenters. The molecule has 2 N–H and O–H groups in total. The van der Waals surface area contributed by atoms with Gasteiger partial charge in [0.05, 0.1) is 17.7 Å². The van der Waals surface area contributed by atoms with Gasteiger partial charge in [-0.1, -0.05) is 53.5 Å². The molecule has 0 aliphatic rings. The average Bonchev–Trinajstić information content (AvgIpc) is 2.80. The Kier molecular flexibility index (Phi) is 8.10. The van der Waals surface area contributed by atoms with Crippen LogP contribution in [0.3, 0.4) is 0 Å². The fourth-order valence-corrected chi connectivity index (χ4v) is 4.97. The third-order valence-electron chi connectivity index (χ3n) is 4.65. The minimum atomic E-state index is -4.18. The molecule has 3 rings (SSSR count). The van der Waals surface area contributed by atoms with Crippen molar-refractivity contribution >= 4 is 50.8 Å². The van der Waals surface area contributed by atoms with Gasteiger partial charge in [0.1, 0.15) is 10.9 Å². The van der Waals surface area contributed by atoms with E-state index in [0.717, 1.165) is 5.56 Å². The summed E-state index contributed by atoms with van der Waals surface area (Å²) >= 11 is 12.0. The van der Waals surface area contributed by atoms with Crippen molar-refractivity contribution in [3.63, 3.8) is 0 Å². The van der Waals surface area contributed by atoms with Crippen LogP contribution in [0, 0.1) is 0 Å². The monoisotopic (exact) mass is 506 g/mol. The van der Waals surface area contributed by atoms with E-state index in [-0.39, 0.29) is 21.4 Å². The Morgan fingerprint density at radius 3 is 2.27 bits per heavy atom. The highest BCUT2D eigenvalue weighted by Gasteiger charge is 2.28. The van der Waals surface area contributed by atoms with Crippen LogP contribution in [0.5, 0.6) is 0 Å². The minimum absolute atomic E-state index is 0.0239. The highest BCUT2D eigenvalue weighted by Crippen LogP contribution is 2.25. The van der Waals surface area contributed by atoms with Gasteiger partial charge in [-0.05, 0) is 54.4 Å². The maximum atomic E-state index is 13.1. The molecule has 33 heavy (non-hydrogen) atoms. The molecule has 3 aromatic carbocycles. The van der Waals surface area contributed by atoms with Crippen molar-refractivity contribution in [2.24, 2.45) is 0 Å². The first-order chi connectivity index (χ1) is 15.7. The van der Waals surface area contributed by atoms with E-state index in [1.165, 1.54) is 49.6 Å². The molecule has 0 spiro atoms. The third-order valence-corrected chi connectivity index (χ3v) is 6.84. The lowest BCUT2D eigenvalue weighted by atomic mass is 10.1. The van der Waals surface area contributed by atoms with Crippen LogP contribution in [0.2, 0.25) is 10.0 Å². The molecule has 10 heteroatoms. The van der Waals surface area contributed by atoms with Crippen LogP contribution in [0.1, 0.15) is 15.9 Å². The number of halogens is 2. The molecule has 0 heterocycles. The van der Waals surface area contributed by atoms with Crippen molar-refractivity contribution in [3.05, 3.63) is 94.0 Å². The molecule has 0 radical (unpaired) electrons. The topological polar surface area (TPSA) is 102 Å².